The lowest BCUT2D eigenvalue weighted by molar-refractivity contribution is 0.619. The predicted octanol–water partition coefficient (Wildman–Crippen LogP) is 4.18. The third kappa shape index (κ3) is 4.47. The quantitative estimate of drug-likeness (QED) is 0.524. The number of nitrogens with one attached hydrogen (secondary N) is 1. The van der Waals surface area contributed by atoms with E-state index in [1.54, 1.807) is 42.6 Å². The molecular formula is C18H13Cl2FN4O. The fraction of sp³-hybridized carbons (Fsp3) is 0.0556. The molecule has 0 fully saturated rings. The number of hydrazone groups is 1. The molecular weight excluding hydrogens is 378 g/mol. The van der Waals surface area contributed by atoms with Crippen LogP contribution < -0.4 is 11.0 Å². The summed E-state index contributed by atoms with van der Waals surface area (Å²) in [6.07, 6.45) is 2.98. The van der Waals surface area contributed by atoms with Crippen molar-refractivity contribution in [3.8, 4) is 0 Å². The van der Waals surface area contributed by atoms with Gasteiger partial charge in [-0.05, 0) is 35.4 Å². The molecule has 8 heteroatoms. The van der Waals surface area contributed by atoms with Crippen molar-refractivity contribution in [1.29, 1.82) is 0 Å². The van der Waals surface area contributed by atoms with Crippen molar-refractivity contribution in [2.45, 2.75) is 6.54 Å². The van der Waals surface area contributed by atoms with Gasteiger partial charge in [0.2, 0.25) is 0 Å². The molecule has 5 nitrogen and oxygen atoms in total. The average molecular weight is 391 g/mol. The van der Waals surface area contributed by atoms with E-state index in [-0.39, 0.29) is 23.1 Å². The van der Waals surface area contributed by atoms with Crippen molar-refractivity contribution in [3.63, 3.8) is 0 Å². The lowest BCUT2D eigenvalue weighted by atomic mass is 10.2. The van der Waals surface area contributed by atoms with Crippen molar-refractivity contribution >= 4 is 35.1 Å². The molecule has 132 valence electrons. The molecule has 0 aliphatic rings. The topological polar surface area (TPSA) is 59.3 Å². The highest BCUT2D eigenvalue weighted by atomic mass is 35.5. The van der Waals surface area contributed by atoms with Gasteiger partial charge in [-0.1, -0.05) is 47.5 Å². The van der Waals surface area contributed by atoms with E-state index >= 15 is 0 Å². The Morgan fingerprint density at radius 3 is 2.50 bits per heavy atom. The van der Waals surface area contributed by atoms with Crippen LogP contribution in [-0.4, -0.2) is 16.0 Å². The Kier molecular flexibility index (Phi) is 5.65. The summed E-state index contributed by atoms with van der Waals surface area (Å²) in [5, 5.41) is 8.70. The van der Waals surface area contributed by atoms with Gasteiger partial charge in [-0.3, -0.25) is 10.2 Å². The summed E-state index contributed by atoms with van der Waals surface area (Å²) in [6.45, 7) is 0.188. The molecule has 0 amide bonds. The van der Waals surface area contributed by atoms with E-state index in [9.17, 15) is 9.18 Å². The number of hydrogen-bond donors (Lipinski definition) is 1. The van der Waals surface area contributed by atoms with Gasteiger partial charge >= 0.3 is 0 Å². The summed E-state index contributed by atoms with van der Waals surface area (Å²) in [4.78, 5) is 12.3. The van der Waals surface area contributed by atoms with Gasteiger partial charge in [0.1, 0.15) is 16.5 Å². The van der Waals surface area contributed by atoms with Crippen LogP contribution in [0.5, 0.6) is 0 Å². The molecule has 1 heterocycles. The zero-order valence-corrected chi connectivity index (χ0v) is 14.9. The number of nitrogens with zero attached hydrogens (tertiary/aromatic N) is 3. The summed E-state index contributed by atoms with van der Waals surface area (Å²) >= 11 is 11.9. The van der Waals surface area contributed by atoms with Crippen LogP contribution in [0.25, 0.3) is 0 Å². The van der Waals surface area contributed by atoms with Crippen LogP contribution in [0, 0.1) is 5.82 Å². The number of halogens is 3. The smallest absolute Gasteiger partial charge is 0.275 e. The van der Waals surface area contributed by atoms with Crippen molar-refractivity contribution in [3.05, 3.63) is 92.1 Å². The maximum Gasteiger partial charge on any atom is 0.288 e. The molecule has 0 aliphatic heterocycles. The van der Waals surface area contributed by atoms with Crippen LogP contribution in [0.4, 0.5) is 10.1 Å². The molecule has 2 aromatic carbocycles. The van der Waals surface area contributed by atoms with E-state index in [1.165, 1.54) is 23.0 Å². The summed E-state index contributed by atoms with van der Waals surface area (Å²) in [7, 11) is 0. The minimum absolute atomic E-state index is 0.0321. The van der Waals surface area contributed by atoms with E-state index < -0.39 is 5.56 Å². The SMILES string of the molecule is O=c1c(Cl)c(NN=Cc2ccc(Cl)cc2)cnn1Cc1ccc(F)cc1. The van der Waals surface area contributed by atoms with Crippen LogP contribution in [0.2, 0.25) is 10.0 Å². The van der Waals surface area contributed by atoms with Gasteiger partial charge < -0.3 is 0 Å². The van der Waals surface area contributed by atoms with Gasteiger partial charge in [0.15, 0.2) is 0 Å². The molecule has 0 bridgehead atoms. The largest absolute Gasteiger partial charge is 0.288 e. The second-order valence-corrected chi connectivity index (χ2v) is 6.20. The molecule has 1 aromatic heterocycles. The van der Waals surface area contributed by atoms with Gasteiger partial charge in [0, 0.05) is 5.02 Å². The van der Waals surface area contributed by atoms with Crippen molar-refractivity contribution in [2.24, 2.45) is 5.10 Å². The Bertz CT molecular complexity index is 986. The lowest BCUT2D eigenvalue weighted by Gasteiger charge is -2.08. The Balaban J connectivity index is 1.73. The molecule has 3 rings (SSSR count). The number of benzene rings is 2. The summed E-state index contributed by atoms with van der Waals surface area (Å²) in [6, 6.07) is 12.9. The molecule has 0 saturated heterocycles. The highest BCUT2D eigenvalue weighted by Gasteiger charge is 2.09. The van der Waals surface area contributed by atoms with Crippen molar-refractivity contribution < 1.29 is 4.39 Å². The lowest BCUT2D eigenvalue weighted by Crippen LogP contribution is -2.24. The van der Waals surface area contributed by atoms with E-state index in [0.717, 1.165) is 11.1 Å². The Hall–Kier alpha value is -2.70. The standard InChI is InChI=1S/C18H13Cl2FN4O/c19-14-5-1-12(2-6-14)9-22-24-16-10-23-25(18(26)17(16)20)11-13-3-7-15(21)8-4-13/h1-10,24H,11H2. The molecule has 26 heavy (non-hydrogen) atoms. The zero-order chi connectivity index (χ0) is 18.5. The van der Waals surface area contributed by atoms with E-state index in [1.807, 2.05) is 0 Å². The van der Waals surface area contributed by atoms with Gasteiger partial charge in [0.05, 0.1) is 19.0 Å². The Morgan fingerprint density at radius 1 is 1.12 bits per heavy atom. The third-order valence-corrected chi connectivity index (χ3v) is 4.12. The minimum atomic E-state index is -0.470. The molecule has 0 unspecified atom stereocenters. The minimum Gasteiger partial charge on any atom is -0.275 e. The first-order valence-corrected chi connectivity index (χ1v) is 8.33. The van der Waals surface area contributed by atoms with Crippen LogP contribution >= 0.6 is 23.2 Å². The monoisotopic (exact) mass is 390 g/mol. The molecule has 0 saturated carbocycles. The number of hydrogen-bond acceptors (Lipinski definition) is 4. The molecule has 1 N–H and O–H groups in total. The molecule has 3 aromatic rings. The molecule has 0 aliphatic carbocycles. The fourth-order valence-electron chi connectivity index (χ4n) is 2.14. The van der Waals surface area contributed by atoms with E-state index in [0.29, 0.717) is 5.02 Å². The first-order valence-electron chi connectivity index (χ1n) is 7.57. The van der Waals surface area contributed by atoms with E-state index in [4.69, 9.17) is 23.2 Å². The summed E-state index contributed by atoms with van der Waals surface area (Å²) in [5.41, 5.74) is 4.08. The van der Waals surface area contributed by atoms with Crippen LogP contribution in [-0.2, 0) is 6.54 Å². The summed E-state index contributed by atoms with van der Waals surface area (Å²) in [5.74, 6) is -0.342. The Morgan fingerprint density at radius 2 is 1.81 bits per heavy atom. The normalized spacial score (nSPS) is 11.0. The zero-order valence-electron chi connectivity index (χ0n) is 13.4. The summed E-state index contributed by atoms with van der Waals surface area (Å²) < 4.78 is 14.1. The maximum atomic E-state index is 12.9. The van der Waals surface area contributed by atoms with Gasteiger partial charge in [-0.2, -0.15) is 10.2 Å². The number of anilines is 1. The van der Waals surface area contributed by atoms with Crippen LogP contribution in [0.3, 0.4) is 0 Å². The number of rotatable bonds is 5. The predicted molar refractivity (Wildman–Crippen MR) is 102 cm³/mol. The fourth-order valence-corrected chi connectivity index (χ4v) is 2.46. The van der Waals surface area contributed by atoms with Gasteiger partial charge in [-0.15, -0.1) is 0 Å². The Labute approximate surface area is 158 Å². The molecule has 0 atom stereocenters. The second kappa shape index (κ2) is 8.12. The highest BCUT2D eigenvalue weighted by molar-refractivity contribution is 6.33. The second-order valence-electron chi connectivity index (χ2n) is 5.38. The highest BCUT2D eigenvalue weighted by Crippen LogP contribution is 2.16. The van der Waals surface area contributed by atoms with Crippen molar-refractivity contribution in [1.82, 2.24) is 9.78 Å². The van der Waals surface area contributed by atoms with Gasteiger partial charge in [-0.25, -0.2) is 9.07 Å². The first-order chi connectivity index (χ1) is 12.5. The molecule has 0 radical (unpaired) electrons. The van der Waals surface area contributed by atoms with Crippen LogP contribution in [0.1, 0.15) is 11.1 Å². The third-order valence-electron chi connectivity index (χ3n) is 3.50. The average Bonchev–Trinajstić information content (AvgIpc) is 2.64. The first kappa shape index (κ1) is 18.1. The van der Waals surface area contributed by atoms with Gasteiger partial charge in [0.25, 0.3) is 5.56 Å². The van der Waals surface area contributed by atoms with Crippen molar-refractivity contribution in [2.75, 3.05) is 5.43 Å². The number of aromatic nitrogens is 2. The maximum absolute atomic E-state index is 12.9. The van der Waals surface area contributed by atoms with Crippen LogP contribution in [0.15, 0.2) is 64.6 Å². The van der Waals surface area contributed by atoms with E-state index in [2.05, 4.69) is 15.6 Å². The molecule has 0 spiro atoms.